The molecule has 3 rings (SSSR count). The quantitative estimate of drug-likeness (QED) is 0.941. The molecule has 0 unspecified atom stereocenters. The Hall–Kier alpha value is -2.95. The van der Waals surface area contributed by atoms with Crippen LogP contribution in [0.15, 0.2) is 53.6 Å². The Morgan fingerprint density at radius 1 is 1.08 bits per heavy atom. The first-order valence-electron chi connectivity index (χ1n) is 7.88. The van der Waals surface area contributed by atoms with E-state index >= 15 is 0 Å². The highest BCUT2D eigenvalue weighted by Crippen LogP contribution is 2.22. The predicted molar refractivity (Wildman–Crippen MR) is 95.1 cm³/mol. The Labute approximate surface area is 141 Å². The summed E-state index contributed by atoms with van der Waals surface area (Å²) >= 11 is 0. The van der Waals surface area contributed by atoms with Crippen molar-refractivity contribution in [2.24, 2.45) is 5.10 Å². The zero-order valence-electron chi connectivity index (χ0n) is 13.7. The minimum absolute atomic E-state index is 0.104. The van der Waals surface area contributed by atoms with E-state index in [2.05, 4.69) is 10.4 Å². The van der Waals surface area contributed by atoms with Crippen molar-refractivity contribution in [1.29, 1.82) is 0 Å². The average Bonchev–Trinajstić information content (AvgIpc) is 2.57. The van der Waals surface area contributed by atoms with Crippen LogP contribution in [0.4, 0.5) is 11.4 Å². The summed E-state index contributed by atoms with van der Waals surface area (Å²) in [6.45, 7) is 3.88. The van der Waals surface area contributed by atoms with Crippen LogP contribution in [0.5, 0.6) is 0 Å². The monoisotopic (exact) mass is 321 g/mol. The zero-order chi connectivity index (χ0) is 17.1. The van der Waals surface area contributed by atoms with Crippen molar-refractivity contribution in [3.05, 3.63) is 59.7 Å². The molecule has 2 amide bonds. The third-order valence-corrected chi connectivity index (χ3v) is 3.93. The molecule has 0 aliphatic carbocycles. The van der Waals surface area contributed by atoms with Crippen molar-refractivity contribution >= 4 is 28.9 Å². The molecule has 0 spiro atoms. The number of para-hydroxylation sites is 1. The predicted octanol–water partition coefficient (Wildman–Crippen LogP) is 3.42. The number of carbonyl (C=O) groups is 2. The lowest BCUT2D eigenvalue weighted by molar-refractivity contribution is -0.118. The van der Waals surface area contributed by atoms with Gasteiger partial charge in [-0.15, -0.1) is 0 Å². The minimum atomic E-state index is -0.269. The molecule has 5 heteroatoms. The molecule has 1 heterocycles. The van der Waals surface area contributed by atoms with Gasteiger partial charge in [0, 0.05) is 18.5 Å². The molecule has 24 heavy (non-hydrogen) atoms. The van der Waals surface area contributed by atoms with Crippen LogP contribution in [0, 0.1) is 13.8 Å². The lowest BCUT2D eigenvalue weighted by atomic mass is 10.1. The molecule has 122 valence electrons. The Balaban J connectivity index is 1.85. The first-order chi connectivity index (χ1) is 11.5. The van der Waals surface area contributed by atoms with Gasteiger partial charge < -0.3 is 5.32 Å². The second-order valence-corrected chi connectivity index (χ2v) is 5.86. The fourth-order valence-corrected chi connectivity index (χ4v) is 2.59. The number of aryl methyl sites for hydroxylation is 2. The molecule has 0 fully saturated rings. The fourth-order valence-electron chi connectivity index (χ4n) is 2.59. The SMILES string of the molecule is Cc1cccc(N2N=C(C(=O)Nc3ccccc3C)CCC2=O)c1. The maximum absolute atomic E-state index is 12.5. The fraction of sp³-hybridized carbons (Fsp3) is 0.211. The lowest BCUT2D eigenvalue weighted by Gasteiger charge is -2.23. The van der Waals surface area contributed by atoms with Crippen LogP contribution in [-0.2, 0) is 9.59 Å². The van der Waals surface area contributed by atoms with Crippen molar-refractivity contribution in [2.45, 2.75) is 26.7 Å². The number of amides is 2. The number of anilines is 2. The van der Waals surface area contributed by atoms with Gasteiger partial charge in [-0.3, -0.25) is 9.59 Å². The Kier molecular flexibility index (Phi) is 4.42. The van der Waals surface area contributed by atoms with Gasteiger partial charge in [-0.25, -0.2) is 5.01 Å². The molecular formula is C19H19N3O2. The summed E-state index contributed by atoms with van der Waals surface area (Å²) in [5.41, 5.74) is 3.81. The minimum Gasteiger partial charge on any atom is -0.321 e. The Morgan fingerprint density at radius 2 is 1.88 bits per heavy atom. The summed E-state index contributed by atoms with van der Waals surface area (Å²) in [5, 5.41) is 8.48. The van der Waals surface area contributed by atoms with E-state index in [1.165, 1.54) is 5.01 Å². The van der Waals surface area contributed by atoms with E-state index in [-0.39, 0.29) is 18.2 Å². The second-order valence-electron chi connectivity index (χ2n) is 5.86. The van der Waals surface area contributed by atoms with Gasteiger partial charge in [-0.05, 0) is 43.2 Å². The number of benzene rings is 2. The van der Waals surface area contributed by atoms with Crippen LogP contribution in [-0.4, -0.2) is 17.5 Å². The number of rotatable bonds is 3. The van der Waals surface area contributed by atoms with Crippen molar-refractivity contribution in [3.63, 3.8) is 0 Å². The molecule has 0 bridgehead atoms. The van der Waals surface area contributed by atoms with Crippen LogP contribution in [0.3, 0.4) is 0 Å². The molecule has 0 atom stereocenters. The van der Waals surface area contributed by atoms with E-state index in [0.717, 1.165) is 16.8 Å². The van der Waals surface area contributed by atoms with Gasteiger partial charge in [0.05, 0.1) is 5.69 Å². The van der Waals surface area contributed by atoms with E-state index < -0.39 is 0 Å². The van der Waals surface area contributed by atoms with Crippen LogP contribution >= 0.6 is 0 Å². The summed E-state index contributed by atoms with van der Waals surface area (Å²) in [6.07, 6.45) is 0.618. The molecule has 1 aliphatic heterocycles. The Bertz CT molecular complexity index is 827. The number of nitrogens with zero attached hydrogens (tertiary/aromatic N) is 2. The average molecular weight is 321 g/mol. The van der Waals surface area contributed by atoms with Crippen LogP contribution in [0.25, 0.3) is 0 Å². The van der Waals surface area contributed by atoms with E-state index in [0.29, 0.717) is 17.8 Å². The van der Waals surface area contributed by atoms with E-state index in [1.54, 1.807) is 0 Å². The lowest BCUT2D eigenvalue weighted by Crippen LogP contribution is -2.36. The molecule has 0 aromatic heterocycles. The van der Waals surface area contributed by atoms with Crippen molar-refractivity contribution in [2.75, 3.05) is 10.3 Å². The number of nitrogens with one attached hydrogen (secondary N) is 1. The molecule has 1 aliphatic rings. The molecule has 0 radical (unpaired) electrons. The van der Waals surface area contributed by atoms with E-state index in [4.69, 9.17) is 0 Å². The van der Waals surface area contributed by atoms with Gasteiger partial charge in [0.25, 0.3) is 5.91 Å². The third-order valence-electron chi connectivity index (χ3n) is 3.93. The maximum Gasteiger partial charge on any atom is 0.271 e. The summed E-state index contributed by atoms with van der Waals surface area (Å²) in [5.74, 6) is -0.373. The molecule has 0 saturated carbocycles. The topological polar surface area (TPSA) is 61.8 Å². The molecule has 0 saturated heterocycles. The summed E-state index contributed by atoms with van der Waals surface area (Å²) < 4.78 is 0. The molecule has 2 aromatic carbocycles. The standard InChI is InChI=1S/C19H19N3O2/c1-13-6-5-8-15(12-13)22-18(23)11-10-17(21-22)19(24)20-16-9-4-3-7-14(16)2/h3-9,12H,10-11H2,1-2H3,(H,20,24). The highest BCUT2D eigenvalue weighted by Gasteiger charge is 2.25. The first kappa shape index (κ1) is 15.9. The number of carbonyl (C=O) groups excluding carboxylic acids is 2. The van der Waals surface area contributed by atoms with E-state index in [1.807, 2.05) is 62.4 Å². The highest BCUT2D eigenvalue weighted by atomic mass is 16.2. The van der Waals surface area contributed by atoms with Crippen molar-refractivity contribution < 1.29 is 9.59 Å². The summed E-state index contributed by atoms with van der Waals surface area (Å²) in [6, 6.07) is 15.1. The van der Waals surface area contributed by atoms with Crippen molar-refractivity contribution in [1.82, 2.24) is 0 Å². The number of hydrazone groups is 1. The van der Waals surface area contributed by atoms with Gasteiger partial charge >= 0.3 is 0 Å². The summed E-state index contributed by atoms with van der Waals surface area (Å²) in [4.78, 5) is 24.7. The van der Waals surface area contributed by atoms with Gasteiger partial charge in [-0.1, -0.05) is 30.3 Å². The largest absolute Gasteiger partial charge is 0.321 e. The highest BCUT2D eigenvalue weighted by molar-refractivity contribution is 6.44. The van der Waals surface area contributed by atoms with Crippen LogP contribution < -0.4 is 10.3 Å². The molecule has 5 nitrogen and oxygen atoms in total. The van der Waals surface area contributed by atoms with Gasteiger partial charge in [0.1, 0.15) is 5.71 Å². The third kappa shape index (κ3) is 3.35. The Morgan fingerprint density at radius 3 is 2.62 bits per heavy atom. The van der Waals surface area contributed by atoms with E-state index in [9.17, 15) is 9.59 Å². The molecular weight excluding hydrogens is 302 g/mol. The molecule has 1 N–H and O–H groups in total. The normalized spacial score (nSPS) is 14.3. The van der Waals surface area contributed by atoms with Crippen molar-refractivity contribution in [3.8, 4) is 0 Å². The van der Waals surface area contributed by atoms with Gasteiger partial charge in [-0.2, -0.15) is 5.10 Å². The summed E-state index contributed by atoms with van der Waals surface area (Å²) in [7, 11) is 0. The molecule has 2 aromatic rings. The number of hydrogen-bond acceptors (Lipinski definition) is 3. The van der Waals surface area contributed by atoms with Crippen LogP contribution in [0.1, 0.15) is 24.0 Å². The first-order valence-corrected chi connectivity index (χ1v) is 7.88. The van der Waals surface area contributed by atoms with Gasteiger partial charge in [0.15, 0.2) is 0 Å². The smallest absolute Gasteiger partial charge is 0.271 e. The number of hydrogen-bond donors (Lipinski definition) is 1. The van der Waals surface area contributed by atoms with Crippen LogP contribution in [0.2, 0.25) is 0 Å². The second kappa shape index (κ2) is 6.66. The zero-order valence-corrected chi connectivity index (χ0v) is 13.7. The van der Waals surface area contributed by atoms with Gasteiger partial charge in [0.2, 0.25) is 5.91 Å². The maximum atomic E-state index is 12.5.